The molecule has 0 aliphatic rings. The standard InChI is InChI=1S/C13H20O2/c1-4-12(14)9-11-5-7-13(8-6-11)15-10(2)3/h5-8,10,12,14H,4,9H2,1-3H3/t12-/m1/s1. The highest BCUT2D eigenvalue weighted by Crippen LogP contribution is 2.15. The third-order valence-electron chi connectivity index (χ3n) is 2.24. The second kappa shape index (κ2) is 5.76. The van der Waals surface area contributed by atoms with E-state index in [1.165, 1.54) is 0 Å². The van der Waals surface area contributed by atoms with Gasteiger partial charge < -0.3 is 9.84 Å². The van der Waals surface area contributed by atoms with Crippen LogP contribution in [-0.4, -0.2) is 17.3 Å². The first-order valence-corrected chi connectivity index (χ1v) is 5.55. The van der Waals surface area contributed by atoms with E-state index < -0.39 is 0 Å². The van der Waals surface area contributed by atoms with Crippen LogP contribution in [0.2, 0.25) is 0 Å². The number of rotatable bonds is 5. The summed E-state index contributed by atoms with van der Waals surface area (Å²) in [5.41, 5.74) is 1.15. The van der Waals surface area contributed by atoms with Gasteiger partial charge in [0.25, 0.3) is 0 Å². The van der Waals surface area contributed by atoms with Crippen molar-refractivity contribution >= 4 is 0 Å². The molecule has 0 unspecified atom stereocenters. The molecule has 2 heteroatoms. The Morgan fingerprint density at radius 1 is 1.20 bits per heavy atom. The van der Waals surface area contributed by atoms with Gasteiger partial charge in [0.1, 0.15) is 5.75 Å². The fraction of sp³-hybridized carbons (Fsp3) is 0.538. The van der Waals surface area contributed by atoms with Crippen LogP contribution in [0.4, 0.5) is 0 Å². The van der Waals surface area contributed by atoms with E-state index in [1.807, 2.05) is 45.0 Å². The van der Waals surface area contributed by atoms with Crippen molar-refractivity contribution in [2.75, 3.05) is 0 Å². The number of hydrogen-bond donors (Lipinski definition) is 1. The van der Waals surface area contributed by atoms with Crippen molar-refractivity contribution in [2.24, 2.45) is 0 Å². The third kappa shape index (κ3) is 4.34. The van der Waals surface area contributed by atoms with E-state index in [-0.39, 0.29) is 12.2 Å². The molecule has 1 aromatic rings. The highest BCUT2D eigenvalue weighted by atomic mass is 16.5. The first-order valence-electron chi connectivity index (χ1n) is 5.55. The molecule has 2 nitrogen and oxygen atoms in total. The molecule has 0 saturated heterocycles. The minimum Gasteiger partial charge on any atom is -0.491 e. The van der Waals surface area contributed by atoms with E-state index in [1.54, 1.807) is 0 Å². The van der Waals surface area contributed by atoms with Crippen molar-refractivity contribution in [3.8, 4) is 5.75 Å². The summed E-state index contributed by atoms with van der Waals surface area (Å²) in [6.45, 7) is 6.00. The largest absolute Gasteiger partial charge is 0.491 e. The Bertz CT molecular complexity index is 277. The molecule has 0 heterocycles. The Hall–Kier alpha value is -1.02. The highest BCUT2D eigenvalue weighted by molar-refractivity contribution is 5.27. The topological polar surface area (TPSA) is 29.5 Å². The molecule has 0 aliphatic carbocycles. The Morgan fingerprint density at radius 3 is 2.27 bits per heavy atom. The Morgan fingerprint density at radius 2 is 1.80 bits per heavy atom. The van der Waals surface area contributed by atoms with Crippen LogP contribution in [0.15, 0.2) is 24.3 Å². The van der Waals surface area contributed by atoms with Gasteiger partial charge in [0, 0.05) is 0 Å². The van der Waals surface area contributed by atoms with Crippen LogP contribution < -0.4 is 4.74 Å². The van der Waals surface area contributed by atoms with Gasteiger partial charge in [0.2, 0.25) is 0 Å². The van der Waals surface area contributed by atoms with Gasteiger partial charge in [-0.2, -0.15) is 0 Å². The lowest BCUT2D eigenvalue weighted by Crippen LogP contribution is -2.08. The number of aliphatic hydroxyl groups excluding tert-OH is 1. The lowest BCUT2D eigenvalue weighted by Gasteiger charge is -2.11. The molecule has 1 atom stereocenters. The maximum Gasteiger partial charge on any atom is 0.119 e. The van der Waals surface area contributed by atoms with Crippen LogP contribution >= 0.6 is 0 Å². The molecule has 0 radical (unpaired) electrons. The summed E-state index contributed by atoms with van der Waals surface area (Å²) in [4.78, 5) is 0. The zero-order valence-electron chi connectivity index (χ0n) is 9.73. The minimum absolute atomic E-state index is 0.206. The summed E-state index contributed by atoms with van der Waals surface area (Å²) in [7, 11) is 0. The average Bonchev–Trinajstić information content (AvgIpc) is 2.20. The van der Waals surface area contributed by atoms with E-state index in [0.29, 0.717) is 0 Å². The molecule has 0 saturated carbocycles. The zero-order valence-corrected chi connectivity index (χ0v) is 9.73. The summed E-state index contributed by atoms with van der Waals surface area (Å²) in [5, 5.41) is 9.49. The third-order valence-corrected chi connectivity index (χ3v) is 2.24. The molecule has 0 aliphatic heterocycles. The quantitative estimate of drug-likeness (QED) is 0.806. The summed E-state index contributed by atoms with van der Waals surface area (Å²) >= 11 is 0. The van der Waals surface area contributed by atoms with Gasteiger partial charge in [0.05, 0.1) is 12.2 Å². The van der Waals surface area contributed by atoms with E-state index in [0.717, 1.165) is 24.2 Å². The number of hydrogen-bond acceptors (Lipinski definition) is 2. The van der Waals surface area contributed by atoms with Gasteiger partial charge in [-0.15, -0.1) is 0 Å². The molecular formula is C13H20O2. The summed E-state index contributed by atoms with van der Waals surface area (Å²) in [5.74, 6) is 0.889. The molecule has 1 aromatic carbocycles. The fourth-order valence-electron chi connectivity index (χ4n) is 1.39. The van der Waals surface area contributed by atoms with Crippen LogP contribution in [0.3, 0.4) is 0 Å². The Kier molecular flexibility index (Phi) is 4.63. The number of ether oxygens (including phenoxy) is 1. The highest BCUT2D eigenvalue weighted by Gasteiger charge is 2.03. The van der Waals surface area contributed by atoms with Crippen molar-refractivity contribution in [1.82, 2.24) is 0 Å². The summed E-state index contributed by atoms with van der Waals surface area (Å²) in [6.07, 6.45) is 1.49. The SMILES string of the molecule is CC[C@@H](O)Cc1ccc(OC(C)C)cc1. The van der Waals surface area contributed by atoms with Crippen LogP contribution in [0.25, 0.3) is 0 Å². The van der Waals surface area contributed by atoms with Crippen LogP contribution in [0.1, 0.15) is 32.8 Å². The van der Waals surface area contributed by atoms with Gasteiger partial charge in [-0.05, 0) is 44.4 Å². The second-order valence-corrected chi connectivity index (χ2v) is 4.08. The molecule has 0 amide bonds. The van der Waals surface area contributed by atoms with Crippen molar-refractivity contribution < 1.29 is 9.84 Å². The smallest absolute Gasteiger partial charge is 0.119 e. The molecule has 1 N–H and O–H groups in total. The normalized spacial score (nSPS) is 12.9. The van der Waals surface area contributed by atoms with Crippen molar-refractivity contribution in [3.05, 3.63) is 29.8 Å². The zero-order chi connectivity index (χ0) is 11.3. The van der Waals surface area contributed by atoms with Crippen LogP contribution in [0.5, 0.6) is 5.75 Å². The lowest BCUT2D eigenvalue weighted by atomic mass is 10.1. The van der Waals surface area contributed by atoms with Crippen molar-refractivity contribution in [1.29, 1.82) is 0 Å². The maximum atomic E-state index is 9.49. The summed E-state index contributed by atoms with van der Waals surface area (Å²) < 4.78 is 5.54. The molecule has 0 spiro atoms. The fourth-order valence-corrected chi connectivity index (χ4v) is 1.39. The molecule has 84 valence electrons. The van der Waals surface area contributed by atoms with E-state index in [2.05, 4.69) is 0 Å². The predicted molar refractivity (Wildman–Crippen MR) is 62.2 cm³/mol. The first-order chi connectivity index (χ1) is 7.11. The van der Waals surface area contributed by atoms with Gasteiger partial charge in [-0.25, -0.2) is 0 Å². The van der Waals surface area contributed by atoms with Crippen molar-refractivity contribution in [3.63, 3.8) is 0 Å². The molecule has 15 heavy (non-hydrogen) atoms. The average molecular weight is 208 g/mol. The molecular weight excluding hydrogens is 188 g/mol. The van der Waals surface area contributed by atoms with Crippen molar-refractivity contribution in [2.45, 2.75) is 45.8 Å². The summed E-state index contributed by atoms with van der Waals surface area (Å²) in [6, 6.07) is 7.93. The lowest BCUT2D eigenvalue weighted by molar-refractivity contribution is 0.170. The minimum atomic E-state index is -0.234. The van der Waals surface area contributed by atoms with Crippen LogP contribution in [0, 0.1) is 0 Å². The number of benzene rings is 1. The Labute approximate surface area is 91.9 Å². The van der Waals surface area contributed by atoms with Gasteiger partial charge in [-0.1, -0.05) is 19.1 Å². The van der Waals surface area contributed by atoms with E-state index in [4.69, 9.17) is 4.74 Å². The monoisotopic (exact) mass is 208 g/mol. The van der Waals surface area contributed by atoms with Gasteiger partial charge in [-0.3, -0.25) is 0 Å². The molecule has 0 fully saturated rings. The maximum absolute atomic E-state index is 9.49. The Balaban J connectivity index is 2.56. The molecule has 1 rings (SSSR count). The first kappa shape index (κ1) is 12.1. The van der Waals surface area contributed by atoms with Gasteiger partial charge in [0.15, 0.2) is 0 Å². The number of aliphatic hydroxyl groups is 1. The van der Waals surface area contributed by atoms with Gasteiger partial charge >= 0.3 is 0 Å². The van der Waals surface area contributed by atoms with E-state index >= 15 is 0 Å². The predicted octanol–water partition coefficient (Wildman–Crippen LogP) is 2.79. The van der Waals surface area contributed by atoms with Crippen LogP contribution in [-0.2, 0) is 6.42 Å². The van der Waals surface area contributed by atoms with E-state index in [9.17, 15) is 5.11 Å². The molecule has 0 aromatic heterocycles. The molecule has 0 bridgehead atoms. The second-order valence-electron chi connectivity index (χ2n) is 4.08.